The molecule has 0 bridgehead atoms. The third-order valence-corrected chi connectivity index (χ3v) is 6.16. The number of carbonyl (C=O) groups is 1. The number of carboxylic acid groups (broad SMARTS) is 1. The topological polar surface area (TPSA) is 83.5 Å². The number of aromatic carboxylic acids is 1. The maximum atomic E-state index is 12.3. The Bertz CT molecular complexity index is 820. The molecule has 0 aliphatic rings. The average Bonchev–Trinajstić information content (AvgIpc) is 2.71. The molecule has 0 fully saturated rings. The number of hydrogen-bond donors (Lipinski definition) is 2. The third-order valence-electron chi connectivity index (χ3n) is 2.40. The van der Waals surface area contributed by atoms with Crippen molar-refractivity contribution in [2.75, 3.05) is 4.72 Å². The van der Waals surface area contributed by atoms with Gasteiger partial charge in [-0.25, -0.2) is 13.2 Å². The van der Waals surface area contributed by atoms with Crippen molar-refractivity contribution in [3.63, 3.8) is 0 Å². The van der Waals surface area contributed by atoms with E-state index in [9.17, 15) is 13.2 Å². The fraction of sp³-hybridized carbons (Fsp3) is 0. The number of hydrogen-bond acceptors (Lipinski definition) is 4. The van der Waals surface area contributed by atoms with Crippen LogP contribution in [0.25, 0.3) is 0 Å². The lowest BCUT2D eigenvalue weighted by atomic mass is 10.2. The number of halogens is 3. The molecule has 0 spiro atoms. The Hall–Kier alpha value is -0.800. The van der Waals surface area contributed by atoms with Crippen molar-refractivity contribution in [2.24, 2.45) is 0 Å². The van der Waals surface area contributed by atoms with Crippen LogP contribution in [0.3, 0.4) is 0 Å². The lowest BCUT2D eigenvalue weighted by Gasteiger charge is -2.11. The minimum atomic E-state index is -4.05. The van der Waals surface area contributed by atoms with Gasteiger partial charge in [0, 0.05) is 4.47 Å². The minimum absolute atomic E-state index is 0.00331. The Morgan fingerprint density at radius 1 is 1.33 bits per heavy atom. The Morgan fingerprint density at radius 3 is 2.52 bits per heavy atom. The fourth-order valence-electron chi connectivity index (χ4n) is 1.50. The summed E-state index contributed by atoms with van der Waals surface area (Å²) in [5.74, 6) is -1.26. The van der Waals surface area contributed by atoms with Gasteiger partial charge in [-0.3, -0.25) is 4.72 Å². The molecule has 2 N–H and O–H groups in total. The molecule has 2 rings (SSSR count). The molecule has 21 heavy (non-hydrogen) atoms. The molecule has 0 unspecified atom stereocenters. The first-order valence-corrected chi connectivity index (χ1v) is 9.06. The first kappa shape index (κ1) is 16.6. The van der Waals surface area contributed by atoms with Gasteiger partial charge in [-0.2, -0.15) is 0 Å². The standard InChI is InChI=1S/C11H6BrCl2NO4S2/c12-6-3-1-2-5(11(16)17)9(6)15-21(18,19)7-4-8(13)20-10(7)14/h1-4,15H,(H,16,17). The van der Waals surface area contributed by atoms with Gasteiger partial charge in [0.25, 0.3) is 10.0 Å². The highest BCUT2D eigenvalue weighted by atomic mass is 79.9. The highest BCUT2D eigenvalue weighted by Crippen LogP contribution is 2.36. The molecule has 0 radical (unpaired) electrons. The molecular formula is C11H6BrCl2NO4S2. The van der Waals surface area contributed by atoms with Gasteiger partial charge in [0.2, 0.25) is 0 Å². The van der Waals surface area contributed by atoms with Crippen molar-refractivity contribution in [2.45, 2.75) is 4.90 Å². The molecule has 1 aromatic heterocycles. The highest BCUT2D eigenvalue weighted by molar-refractivity contribution is 9.10. The molecule has 5 nitrogen and oxygen atoms in total. The quantitative estimate of drug-likeness (QED) is 0.756. The molecule has 0 aliphatic carbocycles. The van der Waals surface area contributed by atoms with Gasteiger partial charge in [-0.05, 0) is 34.1 Å². The van der Waals surface area contributed by atoms with Crippen LogP contribution in [0.2, 0.25) is 8.67 Å². The smallest absolute Gasteiger partial charge is 0.337 e. The number of nitrogens with one attached hydrogen (secondary N) is 1. The van der Waals surface area contributed by atoms with E-state index in [1.165, 1.54) is 24.3 Å². The van der Waals surface area contributed by atoms with Crippen molar-refractivity contribution in [3.05, 3.63) is 43.0 Å². The monoisotopic (exact) mass is 429 g/mol. The fourth-order valence-corrected chi connectivity index (χ4v) is 5.35. The van der Waals surface area contributed by atoms with E-state index in [0.717, 1.165) is 11.3 Å². The maximum Gasteiger partial charge on any atom is 0.337 e. The average molecular weight is 431 g/mol. The van der Waals surface area contributed by atoms with Crippen LogP contribution < -0.4 is 4.72 Å². The van der Waals surface area contributed by atoms with Crippen LogP contribution >= 0.6 is 50.5 Å². The molecule has 0 aliphatic heterocycles. The number of benzene rings is 1. The summed E-state index contributed by atoms with van der Waals surface area (Å²) in [6.45, 7) is 0. The number of rotatable bonds is 4. The van der Waals surface area contributed by atoms with Gasteiger partial charge in [-0.1, -0.05) is 29.3 Å². The van der Waals surface area contributed by atoms with E-state index < -0.39 is 16.0 Å². The zero-order valence-electron chi connectivity index (χ0n) is 9.93. The zero-order chi connectivity index (χ0) is 15.8. The van der Waals surface area contributed by atoms with Crippen LogP contribution in [0.15, 0.2) is 33.6 Å². The van der Waals surface area contributed by atoms with Gasteiger partial charge in [0.05, 0.1) is 15.6 Å². The highest BCUT2D eigenvalue weighted by Gasteiger charge is 2.24. The first-order valence-electron chi connectivity index (χ1n) is 5.22. The number of anilines is 1. The van der Waals surface area contributed by atoms with E-state index in [1.807, 2.05) is 0 Å². The normalized spacial score (nSPS) is 11.4. The Labute approximate surface area is 142 Å². The van der Waals surface area contributed by atoms with Crippen LogP contribution in [0.1, 0.15) is 10.4 Å². The largest absolute Gasteiger partial charge is 0.478 e. The molecule has 0 amide bonds. The summed E-state index contributed by atoms with van der Waals surface area (Å²) < 4.78 is 27.3. The summed E-state index contributed by atoms with van der Waals surface area (Å²) in [5, 5.41) is 9.12. The van der Waals surface area contributed by atoms with Gasteiger partial charge >= 0.3 is 5.97 Å². The number of para-hydroxylation sites is 1. The summed E-state index contributed by atoms with van der Waals surface area (Å²) in [7, 11) is -4.05. The van der Waals surface area contributed by atoms with E-state index >= 15 is 0 Å². The molecule has 1 aromatic carbocycles. The molecular weight excluding hydrogens is 425 g/mol. The predicted octanol–water partition coefficient (Wildman–Crippen LogP) is 4.32. The van der Waals surface area contributed by atoms with Crippen molar-refractivity contribution >= 4 is 72.1 Å². The SMILES string of the molecule is O=C(O)c1cccc(Br)c1NS(=O)(=O)c1cc(Cl)sc1Cl. The summed E-state index contributed by atoms with van der Waals surface area (Å²) in [6, 6.07) is 5.49. The van der Waals surface area contributed by atoms with Crippen molar-refractivity contribution in [1.29, 1.82) is 0 Å². The van der Waals surface area contributed by atoms with Crippen LogP contribution in [0.5, 0.6) is 0 Å². The molecule has 0 atom stereocenters. The molecule has 0 saturated heterocycles. The van der Waals surface area contributed by atoms with Gasteiger partial charge in [-0.15, -0.1) is 11.3 Å². The number of carboxylic acids is 1. The minimum Gasteiger partial charge on any atom is -0.478 e. The number of sulfonamides is 1. The summed E-state index contributed by atoms with van der Waals surface area (Å²) in [5.41, 5.74) is -0.270. The molecule has 1 heterocycles. The van der Waals surface area contributed by atoms with E-state index in [-0.39, 0.29) is 24.8 Å². The van der Waals surface area contributed by atoms with E-state index in [1.54, 1.807) is 0 Å². The van der Waals surface area contributed by atoms with Gasteiger partial charge in [0.1, 0.15) is 9.23 Å². The number of thiophene rings is 1. The van der Waals surface area contributed by atoms with Gasteiger partial charge in [0.15, 0.2) is 0 Å². The second-order valence-corrected chi connectivity index (χ2v) is 8.55. The van der Waals surface area contributed by atoms with Crippen LogP contribution in [0, 0.1) is 0 Å². The Morgan fingerprint density at radius 2 is 2.00 bits per heavy atom. The second-order valence-electron chi connectivity index (χ2n) is 3.76. The van der Waals surface area contributed by atoms with E-state index in [2.05, 4.69) is 20.7 Å². The van der Waals surface area contributed by atoms with Crippen LogP contribution in [-0.4, -0.2) is 19.5 Å². The van der Waals surface area contributed by atoms with Crippen LogP contribution in [0.4, 0.5) is 5.69 Å². The Balaban J connectivity index is 2.52. The Kier molecular flexibility index (Phi) is 4.84. The van der Waals surface area contributed by atoms with Crippen molar-refractivity contribution in [1.82, 2.24) is 0 Å². The predicted molar refractivity (Wildman–Crippen MR) is 86.2 cm³/mol. The first-order chi connectivity index (χ1) is 9.72. The molecule has 112 valence electrons. The van der Waals surface area contributed by atoms with Gasteiger partial charge < -0.3 is 5.11 Å². The van der Waals surface area contributed by atoms with Crippen molar-refractivity contribution < 1.29 is 18.3 Å². The summed E-state index contributed by atoms with van der Waals surface area (Å²) in [4.78, 5) is 11.0. The lowest BCUT2D eigenvalue weighted by Crippen LogP contribution is -2.15. The third kappa shape index (κ3) is 3.51. The second kappa shape index (κ2) is 6.13. The van der Waals surface area contributed by atoms with E-state index in [4.69, 9.17) is 28.3 Å². The van der Waals surface area contributed by atoms with Crippen LogP contribution in [-0.2, 0) is 10.0 Å². The summed E-state index contributed by atoms with van der Waals surface area (Å²) in [6.07, 6.45) is 0. The van der Waals surface area contributed by atoms with Crippen molar-refractivity contribution in [3.8, 4) is 0 Å². The molecule has 0 saturated carbocycles. The lowest BCUT2D eigenvalue weighted by molar-refractivity contribution is 0.0698. The summed E-state index contributed by atoms with van der Waals surface area (Å²) >= 11 is 15.6. The molecule has 2 aromatic rings. The molecule has 10 heteroatoms. The van der Waals surface area contributed by atoms with E-state index in [0.29, 0.717) is 4.47 Å². The zero-order valence-corrected chi connectivity index (χ0v) is 14.7. The maximum absolute atomic E-state index is 12.3.